The highest BCUT2D eigenvalue weighted by Gasteiger charge is 2.31. The quantitative estimate of drug-likeness (QED) is 0.793. The first-order valence-corrected chi connectivity index (χ1v) is 8.78. The van der Waals surface area contributed by atoms with E-state index in [9.17, 15) is 14.7 Å². The fourth-order valence-corrected chi connectivity index (χ4v) is 2.97. The van der Waals surface area contributed by atoms with Gasteiger partial charge < -0.3 is 20.1 Å². The number of hydrogen-bond donors (Lipinski definition) is 2. The van der Waals surface area contributed by atoms with Crippen LogP contribution in [0.2, 0.25) is 10.0 Å². The topological polar surface area (TPSA) is 78.9 Å². The van der Waals surface area contributed by atoms with E-state index in [2.05, 4.69) is 5.32 Å². The second-order valence-corrected chi connectivity index (χ2v) is 6.84. The number of nitrogens with one attached hydrogen (secondary N) is 1. The second kappa shape index (κ2) is 7.90. The zero-order valence-corrected chi connectivity index (χ0v) is 15.8. The molecule has 0 saturated carbocycles. The molecule has 6 nitrogen and oxygen atoms in total. The molecule has 0 unspecified atom stereocenters. The van der Waals surface area contributed by atoms with Gasteiger partial charge >= 0.3 is 0 Å². The van der Waals surface area contributed by atoms with E-state index < -0.39 is 17.6 Å². The third kappa shape index (κ3) is 4.35. The normalized spacial score (nSPS) is 13.9. The number of benzene rings is 2. The van der Waals surface area contributed by atoms with Crippen molar-refractivity contribution in [2.45, 2.75) is 6.54 Å². The fourth-order valence-electron chi connectivity index (χ4n) is 2.52. The Labute approximate surface area is 165 Å². The van der Waals surface area contributed by atoms with Crippen LogP contribution in [-0.2, 0) is 16.1 Å². The molecule has 0 radical (unpaired) electrons. The lowest BCUT2D eigenvalue weighted by atomic mass is 10.2. The number of hydrogen-bond acceptors (Lipinski definition) is 4. The first kappa shape index (κ1) is 19.1. The molecule has 0 bridgehead atoms. The number of aliphatic hydroxyl groups is 1. The summed E-state index contributed by atoms with van der Waals surface area (Å²) in [4.78, 5) is 24.9. The lowest BCUT2D eigenvalue weighted by Crippen LogP contribution is -2.27. The minimum absolute atomic E-state index is 0.0693. The van der Waals surface area contributed by atoms with Gasteiger partial charge in [0.05, 0.1) is 17.1 Å². The van der Waals surface area contributed by atoms with Crippen molar-refractivity contribution in [3.8, 4) is 11.5 Å². The second-order valence-electron chi connectivity index (χ2n) is 5.99. The standard InChI is InChI=1S/C19H16Cl2N2O4/c1-23-10-14(17(24)19(23)26)18(25)22-9-11-2-5-13(6-3-11)27-16-7-4-12(20)8-15(16)21/h2-8,24H,9-10H2,1H3,(H,22,25). The van der Waals surface area contributed by atoms with Gasteiger partial charge in [0.1, 0.15) is 11.5 Å². The Balaban J connectivity index is 1.59. The Kier molecular flexibility index (Phi) is 5.58. The zero-order chi connectivity index (χ0) is 19.6. The number of aliphatic hydroxyl groups excluding tert-OH is 1. The van der Waals surface area contributed by atoms with Gasteiger partial charge in [0.25, 0.3) is 11.8 Å². The predicted molar refractivity (Wildman–Crippen MR) is 102 cm³/mol. The average molecular weight is 407 g/mol. The Morgan fingerprint density at radius 1 is 1.22 bits per heavy atom. The number of amides is 2. The molecule has 1 heterocycles. The molecule has 0 aliphatic carbocycles. The maximum atomic E-state index is 12.1. The van der Waals surface area contributed by atoms with E-state index in [-0.39, 0.29) is 18.7 Å². The van der Waals surface area contributed by atoms with E-state index in [0.717, 1.165) is 5.56 Å². The molecule has 2 amide bonds. The third-order valence-corrected chi connectivity index (χ3v) is 4.53. The Morgan fingerprint density at radius 2 is 1.93 bits per heavy atom. The van der Waals surface area contributed by atoms with Crippen LogP contribution < -0.4 is 10.1 Å². The number of nitrogens with zero attached hydrogens (tertiary/aromatic N) is 1. The number of likely N-dealkylation sites (N-methyl/N-ethyl adjacent to an activating group) is 1. The highest BCUT2D eigenvalue weighted by molar-refractivity contribution is 6.35. The molecule has 0 spiro atoms. The molecule has 0 saturated heterocycles. The number of rotatable bonds is 5. The molecule has 1 aliphatic heterocycles. The van der Waals surface area contributed by atoms with Crippen LogP contribution >= 0.6 is 23.2 Å². The first-order valence-electron chi connectivity index (χ1n) is 8.03. The molecule has 27 heavy (non-hydrogen) atoms. The van der Waals surface area contributed by atoms with Gasteiger partial charge in [-0.05, 0) is 35.9 Å². The summed E-state index contributed by atoms with van der Waals surface area (Å²) in [5, 5.41) is 13.3. The van der Waals surface area contributed by atoms with E-state index in [0.29, 0.717) is 21.5 Å². The van der Waals surface area contributed by atoms with Crippen molar-refractivity contribution < 1.29 is 19.4 Å². The highest BCUT2D eigenvalue weighted by atomic mass is 35.5. The van der Waals surface area contributed by atoms with E-state index in [1.807, 2.05) is 0 Å². The van der Waals surface area contributed by atoms with Crippen LogP contribution in [0.15, 0.2) is 53.8 Å². The molecular weight excluding hydrogens is 391 g/mol. The molecule has 2 aromatic rings. The lowest BCUT2D eigenvalue weighted by molar-refractivity contribution is -0.126. The summed E-state index contributed by atoms with van der Waals surface area (Å²) in [6.07, 6.45) is 0. The molecule has 0 atom stereocenters. The summed E-state index contributed by atoms with van der Waals surface area (Å²) in [6, 6.07) is 12.0. The smallest absolute Gasteiger partial charge is 0.289 e. The van der Waals surface area contributed by atoms with Gasteiger partial charge in [-0.25, -0.2) is 0 Å². The maximum Gasteiger partial charge on any atom is 0.289 e. The predicted octanol–water partition coefficient (Wildman–Crippen LogP) is 3.69. The number of ether oxygens (including phenoxy) is 1. The van der Waals surface area contributed by atoms with Crippen LogP contribution in [0.4, 0.5) is 0 Å². The summed E-state index contributed by atoms with van der Waals surface area (Å²) >= 11 is 11.9. The fraction of sp³-hybridized carbons (Fsp3) is 0.158. The minimum atomic E-state index is -0.553. The number of halogens is 2. The van der Waals surface area contributed by atoms with Crippen molar-refractivity contribution in [2.75, 3.05) is 13.6 Å². The molecule has 1 aliphatic rings. The van der Waals surface area contributed by atoms with Crippen LogP contribution in [0.1, 0.15) is 5.56 Å². The van der Waals surface area contributed by atoms with Crippen molar-refractivity contribution in [1.29, 1.82) is 0 Å². The van der Waals surface area contributed by atoms with Crippen molar-refractivity contribution in [2.24, 2.45) is 0 Å². The summed E-state index contributed by atoms with van der Waals surface area (Å²) in [6.45, 7) is 0.334. The van der Waals surface area contributed by atoms with Crippen LogP contribution in [0.3, 0.4) is 0 Å². The Hall–Kier alpha value is -2.70. The number of carbonyl (C=O) groups is 2. The van der Waals surface area contributed by atoms with Crippen molar-refractivity contribution >= 4 is 35.0 Å². The Bertz CT molecular complexity index is 926. The van der Waals surface area contributed by atoms with Crippen molar-refractivity contribution in [3.63, 3.8) is 0 Å². The highest BCUT2D eigenvalue weighted by Crippen LogP contribution is 2.31. The van der Waals surface area contributed by atoms with Gasteiger partial charge in [-0.3, -0.25) is 9.59 Å². The SMILES string of the molecule is CN1CC(C(=O)NCc2ccc(Oc3ccc(Cl)cc3Cl)cc2)=C(O)C1=O. The molecule has 0 aromatic heterocycles. The van der Waals surface area contributed by atoms with Crippen LogP contribution in [-0.4, -0.2) is 35.4 Å². The molecule has 140 valence electrons. The van der Waals surface area contributed by atoms with Gasteiger partial charge in [0.15, 0.2) is 5.76 Å². The van der Waals surface area contributed by atoms with Gasteiger partial charge in [0.2, 0.25) is 0 Å². The molecule has 3 rings (SSSR count). The van der Waals surface area contributed by atoms with Gasteiger partial charge in [-0.1, -0.05) is 35.3 Å². The summed E-state index contributed by atoms with van der Waals surface area (Å²) in [5.74, 6) is -0.461. The van der Waals surface area contributed by atoms with Crippen LogP contribution in [0.5, 0.6) is 11.5 Å². The summed E-state index contributed by atoms with van der Waals surface area (Å²) < 4.78 is 5.70. The van der Waals surface area contributed by atoms with E-state index in [4.69, 9.17) is 27.9 Å². The molecule has 2 aromatic carbocycles. The van der Waals surface area contributed by atoms with Crippen LogP contribution in [0, 0.1) is 0 Å². The van der Waals surface area contributed by atoms with E-state index >= 15 is 0 Å². The largest absolute Gasteiger partial charge is 0.503 e. The molecule has 2 N–H and O–H groups in total. The van der Waals surface area contributed by atoms with Crippen LogP contribution in [0.25, 0.3) is 0 Å². The van der Waals surface area contributed by atoms with Crippen molar-refractivity contribution in [1.82, 2.24) is 10.2 Å². The maximum absolute atomic E-state index is 12.1. The molecule has 0 fully saturated rings. The third-order valence-electron chi connectivity index (χ3n) is 4.00. The summed E-state index contributed by atoms with van der Waals surface area (Å²) in [5.41, 5.74) is 0.899. The zero-order valence-electron chi connectivity index (χ0n) is 14.3. The molecule has 8 heteroatoms. The van der Waals surface area contributed by atoms with Gasteiger partial charge in [-0.15, -0.1) is 0 Å². The monoisotopic (exact) mass is 406 g/mol. The average Bonchev–Trinajstić information content (AvgIpc) is 2.90. The first-order chi connectivity index (χ1) is 12.8. The number of carbonyl (C=O) groups excluding carboxylic acids is 2. The van der Waals surface area contributed by atoms with E-state index in [1.54, 1.807) is 42.5 Å². The van der Waals surface area contributed by atoms with Crippen molar-refractivity contribution in [3.05, 3.63) is 69.4 Å². The summed E-state index contributed by atoms with van der Waals surface area (Å²) in [7, 11) is 1.52. The lowest BCUT2D eigenvalue weighted by Gasteiger charge is -2.10. The van der Waals surface area contributed by atoms with Gasteiger partial charge in [-0.2, -0.15) is 0 Å². The van der Waals surface area contributed by atoms with E-state index in [1.165, 1.54) is 11.9 Å². The molecular formula is C19H16Cl2N2O4. The minimum Gasteiger partial charge on any atom is -0.503 e. The van der Waals surface area contributed by atoms with Gasteiger partial charge in [0, 0.05) is 18.6 Å². The Morgan fingerprint density at radius 3 is 2.52 bits per heavy atom.